The van der Waals surface area contributed by atoms with E-state index in [0.717, 1.165) is 43.5 Å². The second-order valence-corrected chi connectivity index (χ2v) is 4.65. The molecule has 0 unspecified atom stereocenters. The molecular weight excluding hydrogens is 240 g/mol. The van der Waals surface area contributed by atoms with Crippen molar-refractivity contribution in [1.82, 2.24) is 0 Å². The molecule has 0 heterocycles. The molecule has 0 aliphatic heterocycles. The Bertz CT molecular complexity index is 464. The van der Waals surface area contributed by atoms with Crippen molar-refractivity contribution in [2.75, 3.05) is 11.9 Å². The summed E-state index contributed by atoms with van der Waals surface area (Å²) < 4.78 is 0. The van der Waals surface area contributed by atoms with Crippen molar-refractivity contribution in [3.05, 3.63) is 29.3 Å². The number of anilines is 1. The van der Waals surface area contributed by atoms with Crippen molar-refractivity contribution in [2.45, 2.75) is 39.0 Å². The van der Waals surface area contributed by atoms with Crippen LogP contribution in [0.4, 0.5) is 5.69 Å². The summed E-state index contributed by atoms with van der Waals surface area (Å²) in [6.07, 6.45) is 3.92. The lowest BCUT2D eigenvalue weighted by Gasteiger charge is -2.08. The Morgan fingerprint density at radius 3 is 2.74 bits per heavy atom. The summed E-state index contributed by atoms with van der Waals surface area (Å²) in [7, 11) is 0. The molecule has 0 bridgehead atoms. The van der Waals surface area contributed by atoms with Gasteiger partial charge in [0.2, 0.25) is 0 Å². The number of carboxylic acids is 1. The Balaban J connectivity index is 2.23. The lowest BCUT2D eigenvalue weighted by Crippen LogP contribution is -2.03. The third-order valence-electron chi connectivity index (χ3n) is 2.93. The van der Waals surface area contributed by atoms with E-state index < -0.39 is 5.97 Å². The standard InChI is InChI=1S/C15H20N2O2/c1-12-7-8-14(13(10-12)11-16)17-9-5-3-2-4-6-15(18)19/h7-8,10,17H,2-6,9H2,1H3,(H,18,19). The molecule has 1 aromatic rings. The molecule has 1 aromatic carbocycles. The van der Waals surface area contributed by atoms with Crippen LogP contribution in [-0.4, -0.2) is 17.6 Å². The third-order valence-corrected chi connectivity index (χ3v) is 2.93. The summed E-state index contributed by atoms with van der Waals surface area (Å²) in [4.78, 5) is 10.3. The first kappa shape index (κ1) is 15.0. The van der Waals surface area contributed by atoms with Gasteiger partial charge in [-0.05, 0) is 37.5 Å². The van der Waals surface area contributed by atoms with E-state index in [0.29, 0.717) is 5.56 Å². The molecule has 0 amide bonds. The first-order chi connectivity index (χ1) is 9.13. The van der Waals surface area contributed by atoms with Crippen LogP contribution in [0.2, 0.25) is 0 Å². The van der Waals surface area contributed by atoms with E-state index in [1.54, 1.807) is 0 Å². The summed E-state index contributed by atoms with van der Waals surface area (Å²) in [6, 6.07) is 7.96. The minimum Gasteiger partial charge on any atom is -0.481 e. The SMILES string of the molecule is Cc1ccc(NCCCCCCC(=O)O)c(C#N)c1. The van der Waals surface area contributed by atoms with Gasteiger partial charge in [-0.25, -0.2) is 0 Å². The number of carbonyl (C=O) groups is 1. The number of nitriles is 1. The van der Waals surface area contributed by atoms with Gasteiger partial charge in [-0.2, -0.15) is 5.26 Å². The zero-order chi connectivity index (χ0) is 14.1. The Morgan fingerprint density at radius 2 is 2.05 bits per heavy atom. The Labute approximate surface area is 114 Å². The van der Waals surface area contributed by atoms with Crippen molar-refractivity contribution in [3.63, 3.8) is 0 Å². The molecule has 19 heavy (non-hydrogen) atoms. The summed E-state index contributed by atoms with van der Waals surface area (Å²) in [5.74, 6) is -0.726. The fraction of sp³-hybridized carbons (Fsp3) is 0.467. The van der Waals surface area contributed by atoms with Gasteiger partial charge in [-0.1, -0.05) is 18.9 Å². The quantitative estimate of drug-likeness (QED) is 0.703. The molecular formula is C15H20N2O2. The predicted molar refractivity (Wildman–Crippen MR) is 75.1 cm³/mol. The second kappa shape index (κ2) is 8.15. The van der Waals surface area contributed by atoms with Gasteiger partial charge >= 0.3 is 5.97 Å². The highest BCUT2D eigenvalue weighted by molar-refractivity contribution is 5.66. The van der Waals surface area contributed by atoms with Gasteiger partial charge in [0.25, 0.3) is 0 Å². The highest BCUT2D eigenvalue weighted by atomic mass is 16.4. The van der Waals surface area contributed by atoms with Gasteiger partial charge in [-0.3, -0.25) is 4.79 Å². The molecule has 0 atom stereocenters. The Kier molecular flexibility index (Phi) is 6.45. The van der Waals surface area contributed by atoms with Crippen LogP contribution >= 0.6 is 0 Å². The summed E-state index contributed by atoms with van der Waals surface area (Å²) in [5.41, 5.74) is 2.63. The van der Waals surface area contributed by atoms with E-state index in [1.807, 2.05) is 25.1 Å². The van der Waals surface area contributed by atoms with Gasteiger partial charge in [0.05, 0.1) is 11.3 Å². The molecule has 2 N–H and O–H groups in total. The van der Waals surface area contributed by atoms with Crippen molar-refractivity contribution in [2.24, 2.45) is 0 Å². The highest BCUT2D eigenvalue weighted by Crippen LogP contribution is 2.16. The lowest BCUT2D eigenvalue weighted by atomic mass is 10.1. The molecule has 0 radical (unpaired) electrons. The number of nitrogens with zero attached hydrogens (tertiary/aromatic N) is 1. The summed E-state index contributed by atoms with van der Waals surface area (Å²) in [6.45, 7) is 2.78. The predicted octanol–water partition coefficient (Wildman–Crippen LogP) is 3.31. The van der Waals surface area contributed by atoms with Crippen molar-refractivity contribution in [1.29, 1.82) is 5.26 Å². The number of hydrogen-bond donors (Lipinski definition) is 2. The van der Waals surface area contributed by atoms with Gasteiger partial charge in [0.1, 0.15) is 6.07 Å². The zero-order valence-corrected chi connectivity index (χ0v) is 11.3. The Morgan fingerprint density at radius 1 is 1.32 bits per heavy atom. The molecule has 0 saturated carbocycles. The van der Waals surface area contributed by atoms with E-state index in [1.165, 1.54) is 0 Å². The first-order valence-electron chi connectivity index (χ1n) is 6.60. The molecule has 0 saturated heterocycles. The monoisotopic (exact) mass is 260 g/mol. The number of rotatable bonds is 8. The van der Waals surface area contributed by atoms with Crippen LogP contribution in [0.5, 0.6) is 0 Å². The minimum atomic E-state index is -0.726. The summed E-state index contributed by atoms with van der Waals surface area (Å²) >= 11 is 0. The van der Waals surface area contributed by atoms with Crippen LogP contribution in [0.3, 0.4) is 0 Å². The average molecular weight is 260 g/mol. The van der Waals surface area contributed by atoms with Crippen molar-refractivity contribution < 1.29 is 9.90 Å². The van der Waals surface area contributed by atoms with E-state index >= 15 is 0 Å². The third kappa shape index (κ3) is 5.91. The second-order valence-electron chi connectivity index (χ2n) is 4.65. The van der Waals surface area contributed by atoms with Gasteiger partial charge in [-0.15, -0.1) is 0 Å². The maximum atomic E-state index is 10.3. The number of aryl methyl sites for hydroxylation is 1. The lowest BCUT2D eigenvalue weighted by molar-refractivity contribution is -0.137. The van der Waals surface area contributed by atoms with Crippen LogP contribution in [0.25, 0.3) is 0 Å². The van der Waals surface area contributed by atoms with Gasteiger partial charge < -0.3 is 10.4 Å². The van der Waals surface area contributed by atoms with E-state index in [-0.39, 0.29) is 6.42 Å². The van der Waals surface area contributed by atoms with Crippen LogP contribution < -0.4 is 5.32 Å². The molecule has 1 rings (SSSR count). The highest BCUT2D eigenvalue weighted by Gasteiger charge is 2.01. The molecule has 0 aromatic heterocycles. The molecule has 4 heteroatoms. The number of aliphatic carboxylic acids is 1. The number of unbranched alkanes of at least 4 members (excludes halogenated alkanes) is 3. The van der Waals surface area contributed by atoms with Crippen LogP contribution in [0.1, 0.15) is 43.2 Å². The van der Waals surface area contributed by atoms with Gasteiger partial charge in [0, 0.05) is 13.0 Å². The van der Waals surface area contributed by atoms with Crippen molar-refractivity contribution >= 4 is 11.7 Å². The number of hydrogen-bond acceptors (Lipinski definition) is 3. The van der Waals surface area contributed by atoms with Crippen LogP contribution in [-0.2, 0) is 4.79 Å². The maximum absolute atomic E-state index is 10.3. The molecule has 4 nitrogen and oxygen atoms in total. The fourth-order valence-electron chi connectivity index (χ4n) is 1.88. The molecule has 0 aliphatic carbocycles. The normalized spacial score (nSPS) is 9.89. The first-order valence-corrected chi connectivity index (χ1v) is 6.60. The molecule has 0 fully saturated rings. The topological polar surface area (TPSA) is 73.1 Å². The Hall–Kier alpha value is -2.02. The maximum Gasteiger partial charge on any atom is 0.303 e. The van der Waals surface area contributed by atoms with E-state index in [2.05, 4.69) is 11.4 Å². The smallest absolute Gasteiger partial charge is 0.303 e. The van der Waals surface area contributed by atoms with Gasteiger partial charge in [0.15, 0.2) is 0 Å². The van der Waals surface area contributed by atoms with Crippen LogP contribution in [0.15, 0.2) is 18.2 Å². The minimum absolute atomic E-state index is 0.254. The fourth-order valence-corrected chi connectivity index (χ4v) is 1.88. The van der Waals surface area contributed by atoms with E-state index in [4.69, 9.17) is 10.4 Å². The largest absolute Gasteiger partial charge is 0.481 e. The number of nitrogens with one attached hydrogen (secondary N) is 1. The van der Waals surface area contributed by atoms with Crippen molar-refractivity contribution in [3.8, 4) is 6.07 Å². The molecule has 0 spiro atoms. The zero-order valence-electron chi connectivity index (χ0n) is 11.3. The van der Waals surface area contributed by atoms with E-state index in [9.17, 15) is 4.79 Å². The summed E-state index contributed by atoms with van der Waals surface area (Å²) in [5, 5.41) is 20.8. The number of carboxylic acid groups (broad SMARTS) is 1. The molecule has 102 valence electrons. The van der Waals surface area contributed by atoms with Crippen LogP contribution in [0, 0.1) is 18.3 Å². The molecule has 0 aliphatic rings. The number of benzene rings is 1. The average Bonchev–Trinajstić information content (AvgIpc) is 2.38.